The quantitative estimate of drug-likeness (QED) is 0.852. The smallest absolute Gasteiger partial charge is 0.408 e. The van der Waals surface area contributed by atoms with Crippen LogP contribution in [0.25, 0.3) is 0 Å². The van der Waals surface area contributed by atoms with Crippen molar-refractivity contribution >= 4 is 12.0 Å². The highest BCUT2D eigenvalue weighted by Gasteiger charge is 2.41. The second kappa shape index (κ2) is 5.85. The third-order valence-corrected chi connectivity index (χ3v) is 4.65. The largest absolute Gasteiger partial charge is 0.444 e. The van der Waals surface area contributed by atoms with E-state index in [1.165, 1.54) is 19.3 Å². The minimum absolute atomic E-state index is 0.00460. The molecule has 0 aromatic heterocycles. The van der Waals surface area contributed by atoms with Gasteiger partial charge < -0.3 is 15.0 Å². The highest BCUT2D eigenvalue weighted by atomic mass is 16.6. The van der Waals surface area contributed by atoms with Gasteiger partial charge in [0.15, 0.2) is 0 Å². The first-order chi connectivity index (χ1) is 9.71. The predicted molar refractivity (Wildman–Crippen MR) is 80.9 cm³/mol. The molecular weight excluding hydrogens is 268 g/mol. The summed E-state index contributed by atoms with van der Waals surface area (Å²) in [5.41, 5.74) is -0.0206. The Hall–Kier alpha value is -1.26. The van der Waals surface area contributed by atoms with Crippen molar-refractivity contribution in [2.24, 2.45) is 5.41 Å². The normalized spacial score (nSPS) is 22.4. The van der Waals surface area contributed by atoms with Crippen molar-refractivity contribution in [3.63, 3.8) is 0 Å². The maximum Gasteiger partial charge on any atom is 0.408 e. The number of hydrogen-bond acceptors (Lipinski definition) is 3. The molecule has 0 bridgehead atoms. The van der Waals surface area contributed by atoms with Crippen molar-refractivity contribution in [3.8, 4) is 0 Å². The van der Waals surface area contributed by atoms with Gasteiger partial charge in [-0.05, 0) is 58.8 Å². The van der Waals surface area contributed by atoms with E-state index in [9.17, 15) is 9.59 Å². The van der Waals surface area contributed by atoms with Crippen molar-refractivity contribution in [2.75, 3.05) is 13.1 Å². The molecule has 1 unspecified atom stereocenters. The molecule has 0 radical (unpaired) electrons. The lowest BCUT2D eigenvalue weighted by Gasteiger charge is -2.48. The van der Waals surface area contributed by atoms with E-state index in [4.69, 9.17) is 4.74 Å². The van der Waals surface area contributed by atoms with Crippen molar-refractivity contribution in [2.45, 2.75) is 71.4 Å². The third kappa shape index (κ3) is 4.11. The zero-order valence-corrected chi connectivity index (χ0v) is 13.7. The van der Waals surface area contributed by atoms with E-state index >= 15 is 0 Å². The van der Waals surface area contributed by atoms with E-state index in [1.54, 1.807) is 6.92 Å². The van der Waals surface area contributed by atoms with Crippen LogP contribution in [0.4, 0.5) is 4.79 Å². The van der Waals surface area contributed by atoms with Crippen LogP contribution in [0.1, 0.15) is 59.8 Å². The number of carbonyl (C=O) groups excluding carboxylic acids is 2. The number of likely N-dealkylation sites (tertiary alicyclic amines) is 1. The number of rotatable bonds is 2. The molecule has 1 N–H and O–H groups in total. The molecule has 1 aliphatic carbocycles. The lowest BCUT2D eigenvalue weighted by molar-refractivity contribution is -0.136. The van der Waals surface area contributed by atoms with E-state index in [0.717, 1.165) is 25.9 Å². The zero-order valence-electron chi connectivity index (χ0n) is 13.7. The Kier molecular flexibility index (Phi) is 4.49. The van der Waals surface area contributed by atoms with E-state index in [1.807, 2.05) is 25.7 Å². The summed E-state index contributed by atoms with van der Waals surface area (Å²) in [7, 11) is 0. The molecule has 1 heterocycles. The minimum Gasteiger partial charge on any atom is -0.444 e. The monoisotopic (exact) mass is 296 g/mol. The topological polar surface area (TPSA) is 58.6 Å². The summed E-state index contributed by atoms with van der Waals surface area (Å²) >= 11 is 0. The van der Waals surface area contributed by atoms with Crippen LogP contribution in [-0.2, 0) is 9.53 Å². The lowest BCUT2D eigenvalue weighted by Crippen LogP contribution is -2.52. The summed E-state index contributed by atoms with van der Waals surface area (Å²) in [5, 5.41) is 2.63. The molecule has 2 rings (SSSR count). The Balaban J connectivity index is 1.78. The molecule has 21 heavy (non-hydrogen) atoms. The van der Waals surface area contributed by atoms with Crippen LogP contribution in [0.2, 0.25) is 0 Å². The predicted octanol–water partition coefficient (Wildman–Crippen LogP) is 2.69. The van der Waals surface area contributed by atoms with Gasteiger partial charge in [-0.3, -0.25) is 4.79 Å². The fourth-order valence-corrected chi connectivity index (χ4v) is 3.20. The van der Waals surface area contributed by atoms with Crippen LogP contribution in [0.5, 0.6) is 0 Å². The fraction of sp³-hybridized carbons (Fsp3) is 0.875. The fourth-order valence-electron chi connectivity index (χ4n) is 3.20. The molecule has 1 spiro atoms. The van der Waals surface area contributed by atoms with Crippen molar-refractivity contribution < 1.29 is 14.3 Å². The van der Waals surface area contributed by atoms with E-state index in [2.05, 4.69) is 5.32 Å². The Labute approximate surface area is 127 Å². The van der Waals surface area contributed by atoms with Gasteiger partial charge >= 0.3 is 6.09 Å². The second-order valence-corrected chi connectivity index (χ2v) is 7.55. The van der Waals surface area contributed by atoms with Gasteiger partial charge in [0.25, 0.3) is 0 Å². The molecule has 5 nitrogen and oxygen atoms in total. The van der Waals surface area contributed by atoms with E-state index in [-0.39, 0.29) is 5.91 Å². The molecule has 0 aromatic carbocycles. The summed E-state index contributed by atoms with van der Waals surface area (Å²) < 4.78 is 5.18. The molecular formula is C16H28N2O3. The maximum absolute atomic E-state index is 12.4. The van der Waals surface area contributed by atoms with Crippen LogP contribution in [0, 0.1) is 5.41 Å². The highest BCUT2D eigenvalue weighted by molar-refractivity contribution is 5.85. The average Bonchev–Trinajstić information content (AvgIpc) is 2.33. The zero-order chi connectivity index (χ0) is 15.7. The molecule has 1 saturated carbocycles. The number of piperidine rings is 1. The van der Waals surface area contributed by atoms with Gasteiger partial charge in [0.05, 0.1) is 0 Å². The third-order valence-electron chi connectivity index (χ3n) is 4.65. The molecule has 0 aromatic rings. The van der Waals surface area contributed by atoms with E-state index < -0.39 is 17.7 Å². The Morgan fingerprint density at radius 1 is 1.14 bits per heavy atom. The standard InChI is InChI=1S/C16H28N2O3/c1-12(17-14(20)21-15(2,3)4)13(19)18-10-8-16(9-11-18)6-5-7-16/h12H,5-11H2,1-4H3,(H,17,20). The van der Waals surface area contributed by atoms with Crippen LogP contribution in [0.3, 0.4) is 0 Å². The highest BCUT2D eigenvalue weighted by Crippen LogP contribution is 2.48. The first-order valence-corrected chi connectivity index (χ1v) is 7.99. The SMILES string of the molecule is CC(NC(=O)OC(C)(C)C)C(=O)N1CCC2(CCC2)CC1. The number of ether oxygens (including phenoxy) is 1. The van der Waals surface area contributed by atoms with Gasteiger partial charge in [0.1, 0.15) is 11.6 Å². The Morgan fingerprint density at radius 3 is 2.14 bits per heavy atom. The Morgan fingerprint density at radius 2 is 1.71 bits per heavy atom. The summed E-state index contributed by atoms with van der Waals surface area (Å²) in [6.07, 6.45) is 5.66. The Bertz CT molecular complexity index is 400. The summed E-state index contributed by atoms with van der Waals surface area (Å²) in [6, 6.07) is -0.532. The number of amides is 2. The summed E-state index contributed by atoms with van der Waals surface area (Å²) in [5.74, 6) is -0.00460. The van der Waals surface area contributed by atoms with Crippen molar-refractivity contribution in [1.29, 1.82) is 0 Å². The molecule has 1 aliphatic heterocycles. The van der Waals surface area contributed by atoms with Gasteiger partial charge in [0, 0.05) is 13.1 Å². The van der Waals surface area contributed by atoms with Crippen LogP contribution in [-0.4, -0.2) is 41.6 Å². The van der Waals surface area contributed by atoms with E-state index in [0.29, 0.717) is 5.41 Å². The second-order valence-electron chi connectivity index (χ2n) is 7.55. The maximum atomic E-state index is 12.4. The van der Waals surface area contributed by atoms with Crippen LogP contribution < -0.4 is 5.32 Å². The van der Waals surface area contributed by atoms with Gasteiger partial charge in [-0.15, -0.1) is 0 Å². The number of alkyl carbamates (subject to hydrolysis) is 1. The lowest BCUT2D eigenvalue weighted by atomic mass is 9.63. The van der Waals surface area contributed by atoms with Crippen molar-refractivity contribution in [3.05, 3.63) is 0 Å². The molecule has 1 saturated heterocycles. The molecule has 120 valence electrons. The number of nitrogens with one attached hydrogen (secondary N) is 1. The molecule has 5 heteroatoms. The van der Waals surface area contributed by atoms with Gasteiger partial charge in [-0.1, -0.05) is 6.42 Å². The first-order valence-electron chi connectivity index (χ1n) is 7.99. The average molecular weight is 296 g/mol. The molecule has 2 fully saturated rings. The molecule has 1 atom stereocenters. The van der Waals surface area contributed by atoms with Gasteiger partial charge in [-0.2, -0.15) is 0 Å². The molecule has 2 amide bonds. The summed E-state index contributed by atoms with van der Waals surface area (Å²) in [6.45, 7) is 8.78. The van der Waals surface area contributed by atoms with Crippen LogP contribution in [0.15, 0.2) is 0 Å². The van der Waals surface area contributed by atoms with Gasteiger partial charge in [-0.25, -0.2) is 4.79 Å². The van der Waals surface area contributed by atoms with Crippen molar-refractivity contribution in [1.82, 2.24) is 10.2 Å². The van der Waals surface area contributed by atoms with Gasteiger partial charge in [0.2, 0.25) is 5.91 Å². The number of carbonyl (C=O) groups is 2. The number of nitrogens with zero attached hydrogens (tertiary/aromatic N) is 1. The minimum atomic E-state index is -0.547. The first kappa shape index (κ1) is 16.1. The number of hydrogen-bond donors (Lipinski definition) is 1. The molecule has 2 aliphatic rings. The summed E-state index contributed by atoms with van der Waals surface area (Å²) in [4.78, 5) is 26.0. The van der Waals surface area contributed by atoms with Crippen LogP contribution >= 0.6 is 0 Å².